The van der Waals surface area contributed by atoms with Crippen molar-refractivity contribution >= 4 is 11.8 Å². The number of piperidine rings is 1. The molecule has 1 aromatic heterocycles. The molecule has 1 aliphatic heterocycles. The van der Waals surface area contributed by atoms with E-state index in [1.807, 2.05) is 46.1 Å². The summed E-state index contributed by atoms with van der Waals surface area (Å²) in [7, 11) is 0. The van der Waals surface area contributed by atoms with Crippen LogP contribution in [0.5, 0.6) is 0 Å². The minimum atomic E-state index is 0.0300. The van der Waals surface area contributed by atoms with Gasteiger partial charge in [0, 0.05) is 43.5 Å². The van der Waals surface area contributed by atoms with Crippen molar-refractivity contribution in [2.75, 3.05) is 19.6 Å². The lowest BCUT2D eigenvalue weighted by molar-refractivity contribution is -0.126. The van der Waals surface area contributed by atoms with E-state index in [4.69, 9.17) is 0 Å². The third-order valence-corrected chi connectivity index (χ3v) is 5.09. The zero-order valence-corrected chi connectivity index (χ0v) is 15.9. The van der Waals surface area contributed by atoms with Crippen molar-refractivity contribution in [2.45, 2.75) is 39.2 Å². The summed E-state index contributed by atoms with van der Waals surface area (Å²) in [4.78, 5) is 26.7. The minimum absolute atomic E-state index is 0.0300. The summed E-state index contributed by atoms with van der Waals surface area (Å²) in [6, 6.07) is 9.60. The number of hydrogen-bond donors (Lipinski definition) is 1. The summed E-state index contributed by atoms with van der Waals surface area (Å²) in [5.74, 6) is 0.214. The van der Waals surface area contributed by atoms with E-state index in [0.29, 0.717) is 25.2 Å². The normalized spacial score (nSPS) is 14.9. The van der Waals surface area contributed by atoms with Crippen LogP contribution in [0.3, 0.4) is 0 Å². The number of aromatic nitrogens is 2. The first-order chi connectivity index (χ1) is 13.2. The van der Waals surface area contributed by atoms with Gasteiger partial charge in [-0.15, -0.1) is 0 Å². The van der Waals surface area contributed by atoms with Gasteiger partial charge < -0.3 is 10.2 Å². The molecule has 0 aliphatic carbocycles. The fourth-order valence-electron chi connectivity index (χ4n) is 3.39. The fraction of sp³-hybridized carbons (Fsp3) is 0.476. The highest BCUT2D eigenvalue weighted by molar-refractivity contribution is 5.94. The molecule has 6 heteroatoms. The maximum Gasteiger partial charge on any atom is 0.253 e. The number of nitrogens with zero attached hydrogens (tertiary/aromatic N) is 3. The molecule has 2 aromatic rings. The highest BCUT2D eigenvalue weighted by Crippen LogP contribution is 2.19. The van der Waals surface area contributed by atoms with Gasteiger partial charge in [0.15, 0.2) is 0 Å². The van der Waals surface area contributed by atoms with Crippen LogP contribution in [0.1, 0.15) is 48.5 Å². The number of nitrogens with one attached hydrogen (secondary N) is 1. The van der Waals surface area contributed by atoms with E-state index >= 15 is 0 Å². The molecule has 0 unspecified atom stereocenters. The summed E-state index contributed by atoms with van der Waals surface area (Å²) in [6.07, 6.45) is 7.24. The van der Waals surface area contributed by atoms with Crippen LogP contribution in [0.4, 0.5) is 0 Å². The first-order valence-electron chi connectivity index (χ1n) is 9.80. The maximum atomic E-state index is 12.7. The van der Waals surface area contributed by atoms with Gasteiger partial charge in [-0.05, 0) is 43.0 Å². The van der Waals surface area contributed by atoms with Gasteiger partial charge in [0.25, 0.3) is 5.91 Å². The second-order valence-corrected chi connectivity index (χ2v) is 7.11. The van der Waals surface area contributed by atoms with Gasteiger partial charge in [0.1, 0.15) is 0 Å². The second-order valence-electron chi connectivity index (χ2n) is 7.11. The average molecular weight is 368 g/mol. The standard InChI is InChI=1S/C21H28N4O2/c1-2-3-11-22-20(26)18-9-14-24(15-10-18)21(27)19-7-5-17(6-8-19)16-25-13-4-12-23-25/h4-8,12-13,18H,2-3,9-11,14-16H2,1H3,(H,22,26). The van der Waals surface area contributed by atoms with Gasteiger partial charge in [0.2, 0.25) is 5.91 Å². The van der Waals surface area contributed by atoms with Crippen LogP contribution in [0.15, 0.2) is 42.7 Å². The monoisotopic (exact) mass is 368 g/mol. The Morgan fingerprint density at radius 2 is 1.93 bits per heavy atom. The van der Waals surface area contributed by atoms with E-state index in [9.17, 15) is 9.59 Å². The largest absolute Gasteiger partial charge is 0.356 e. The minimum Gasteiger partial charge on any atom is -0.356 e. The van der Waals surface area contributed by atoms with Crippen LogP contribution in [-0.2, 0) is 11.3 Å². The van der Waals surface area contributed by atoms with E-state index < -0.39 is 0 Å². The van der Waals surface area contributed by atoms with Crippen LogP contribution >= 0.6 is 0 Å². The number of hydrogen-bond acceptors (Lipinski definition) is 3. The molecule has 144 valence electrons. The van der Waals surface area contributed by atoms with Crippen molar-refractivity contribution < 1.29 is 9.59 Å². The van der Waals surface area contributed by atoms with Gasteiger partial charge in [0.05, 0.1) is 6.54 Å². The summed E-state index contributed by atoms with van der Waals surface area (Å²) >= 11 is 0. The second kappa shape index (κ2) is 9.35. The molecular weight excluding hydrogens is 340 g/mol. The molecular formula is C21H28N4O2. The molecule has 1 aliphatic rings. The number of rotatable bonds is 7. The van der Waals surface area contributed by atoms with Gasteiger partial charge >= 0.3 is 0 Å². The van der Waals surface area contributed by atoms with Crippen molar-refractivity contribution in [2.24, 2.45) is 5.92 Å². The summed E-state index contributed by atoms with van der Waals surface area (Å²) in [5, 5.41) is 7.20. The van der Waals surface area contributed by atoms with Crippen molar-refractivity contribution in [3.63, 3.8) is 0 Å². The van der Waals surface area contributed by atoms with Gasteiger partial charge in [-0.2, -0.15) is 5.10 Å². The quantitative estimate of drug-likeness (QED) is 0.764. The molecule has 3 rings (SSSR count). The molecule has 0 atom stereocenters. The molecule has 1 aromatic carbocycles. The number of carbonyl (C=O) groups is 2. The highest BCUT2D eigenvalue weighted by atomic mass is 16.2. The van der Waals surface area contributed by atoms with E-state index in [1.165, 1.54) is 0 Å². The summed E-state index contributed by atoms with van der Waals surface area (Å²) < 4.78 is 1.85. The molecule has 1 fully saturated rings. The Labute approximate surface area is 160 Å². The Morgan fingerprint density at radius 1 is 1.19 bits per heavy atom. The van der Waals surface area contributed by atoms with Gasteiger partial charge in [-0.25, -0.2) is 0 Å². The number of benzene rings is 1. The van der Waals surface area contributed by atoms with Crippen LogP contribution in [0.2, 0.25) is 0 Å². The number of amides is 2. The Morgan fingerprint density at radius 3 is 2.56 bits per heavy atom. The van der Waals surface area contributed by atoms with E-state index in [-0.39, 0.29) is 17.7 Å². The average Bonchev–Trinajstić information content (AvgIpc) is 3.21. The zero-order chi connectivity index (χ0) is 19.1. The Kier molecular flexibility index (Phi) is 6.63. The lowest BCUT2D eigenvalue weighted by atomic mass is 9.95. The molecule has 27 heavy (non-hydrogen) atoms. The van der Waals surface area contributed by atoms with Crippen LogP contribution in [0.25, 0.3) is 0 Å². The predicted octanol–water partition coefficient (Wildman–Crippen LogP) is 2.70. The van der Waals surface area contributed by atoms with Crippen LogP contribution < -0.4 is 5.32 Å². The molecule has 0 radical (unpaired) electrons. The number of likely N-dealkylation sites (tertiary alicyclic amines) is 1. The third-order valence-electron chi connectivity index (χ3n) is 5.09. The molecule has 0 bridgehead atoms. The first-order valence-corrected chi connectivity index (χ1v) is 9.80. The van der Waals surface area contributed by atoms with Gasteiger partial charge in [-0.1, -0.05) is 25.5 Å². The third kappa shape index (κ3) is 5.18. The SMILES string of the molecule is CCCCNC(=O)C1CCN(C(=O)c2ccc(Cn3cccn3)cc2)CC1. The molecule has 2 heterocycles. The molecule has 2 amide bonds. The smallest absolute Gasteiger partial charge is 0.253 e. The van der Waals surface area contributed by atoms with E-state index in [1.54, 1.807) is 6.20 Å². The molecule has 1 saturated heterocycles. The summed E-state index contributed by atoms with van der Waals surface area (Å²) in [6.45, 7) is 4.83. The molecule has 0 spiro atoms. The Bertz CT molecular complexity index is 732. The lowest BCUT2D eigenvalue weighted by Gasteiger charge is -2.31. The fourth-order valence-corrected chi connectivity index (χ4v) is 3.39. The van der Waals surface area contributed by atoms with Crippen molar-refractivity contribution in [3.05, 3.63) is 53.9 Å². The van der Waals surface area contributed by atoms with Crippen molar-refractivity contribution in [1.29, 1.82) is 0 Å². The van der Waals surface area contributed by atoms with E-state index in [0.717, 1.165) is 37.8 Å². The van der Waals surface area contributed by atoms with Crippen molar-refractivity contribution in [1.82, 2.24) is 20.0 Å². The zero-order valence-electron chi connectivity index (χ0n) is 15.9. The number of unbranched alkanes of at least 4 members (excludes halogenated alkanes) is 1. The molecule has 1 N–H and O–H groups in total. The topological polar surface area (TPSA) is 67.2 Å². The van der Waals surface area contributed by atoms with Crippen LogP contribution in [-0.4, -0.2) is 46.1 Å². The molecule has 0 saturated carbocycles. The Balaban J connectivity index is 1.49. The number of carbonyl (C=O) groups excluding carboxylic acids is 2. The summed E-state index contributed by atoms with van der Waals surface area (Å²) in [5.41, 5.74) is 1.81. The lowest BCUT2D eigenvalue weighted by Crippen LogP contribution is -2.43. The molecule has 6 nitrogen and oxygen atoms in total. The van der Waals surface area contributed by atoms with Gasteiger partial charge in [-0.3, -0.25) is 14.3 Å². The first kappa shape index (κ1) is 19.1. The van der Waals surface area contributed by atoms with Crippen LogP contribution in [0, 0.1) is 5.92 Å². The highest BCUT2D eigenvalue weighted by Gasteiger charge is 2.27. The van der Waals surface area contributed by atoms with Crippen molar-refractivity contribution in [3.8, 4) is 0 Å². The van der Waals surface area contributed by atoms with E-state index in [2.05, 4.69) is 17.3 Å². The predicted molar refractivity (Wildman–Crippen MR) is 104 cm³/mol. The Hall–Kier alpha value is -2.63. The maximum absolute atomic E-state index is 12.7.